The Labute approximate surface area is 154 Å². The summed E-state index contributed by atoms with van der Waals surface area (Å²) in [4.78, 5) is 11.6. The van der Waals surface area contributed by atoms with Crippen molar-refractivity contribution in [1.29, 1.82) is 0 Å². The second-order valence-electron chi connectivity index (χ2n) is 5.12. The van der Waals surface area contributed by atoms with E-state index in [-0.39, 0.29) is 35.1 Å². The third kappa shape index (κ3) is 6.80. The molecule has 0 aromatic heterocycles. The fourth-order valence-electron chi connectivity index (χ4n) is 2.90. The predicted molar refractivity (Wildman–Crippen MR) is 82.0 cm³/mol. The van der Waals surface area contributed by atoms with Crippen molar-refractivity contribution < 1.29 is 40.6 Å². The number of hydrogen-bond acceptors (Lipinski definition) is 3. The fraction of sp³-hybridized carbons (Fsp3) is 0.500. The summed E-state index contributed by atoms with van der Waals surface area (Å²) in [6.07, 6.45) is 14.3. The number of carbonyl (C=O) groups is 1. The Hall–Kier alpha value is -1.09. The van der Waals surface area contributed by atoms with Crippen molar-refractivity contribution in [3.8, 4) is 0 Å². The molecule has 24 heavy (non-hydrogen) atoms. The number of allylic oxidation sites excluding steroid dienone is 4. The van der Waals surface area contributed by atoms with E-state index in [4.69, 9.17) is 18.8 Å². The number of carbonyl (C=O) groups excluding carboxylic acids is 1. The van der Waals surface area contributed by atoms with Gasteiger partial charge in [-0.2, -0.15) is 0 Å². The first-order chi connectivity index (χ1) is 11.2. The quantitative estimate of drug-likeness (QED) is 0.323. The molecule has 3 rings (SSSR count). The molecule has 5 nitrogen and oxygen atoms in total. The first kappa shape index (κ1) is 25.2. The van der Waals surface area contributed by atoms with Gasteiger partial charge in [-0.05, 0) is 26.2 Å². The van der Waals surface area contributed by atoms with Crippen LogP contribution in [0.5, 0.6) is 0 Å². The van der Waals surface area contributed by atoms with E-state index < -0.39 is 5.60 Å². The number of esters is 1. The van der Waals surface area contributed by atoms with Crippen LogP contribution >= 0.6 is 0 Å². The largest absolute Gasteiger partial charge is 0.462 e. The van der Waals surface area contributed by atoms with Crippen molar-refractivity contribution in [2.45, 2.75) is 44.3 Å². The van der Waals surface area contributed by atoms with Gasteiger partial charge in [-0.3, -0.25) is 4.79 Å². The van der Waals surface area contributed by atoms with Crippen LogP contribution in [-0.4, -0.2) is 24.3 Å². The van der Waals surface area contributed by atoms with Crippen LogP contribution in [0.1, 0.15) is 32.6 Å². The molecule has 0 amide bonds. The molecule has 0 aromatic rings. The molecule has 1 aliphatic heterocycles. The molecule has 2 aliphatic carbocycles. The zero-order chi connectivity index (χ0) is 17.7. The zero-order valence-electron chi connectivity index (χ0n) is 13.7. The van der Waals surface area contributed by atoms with E-state index in [0.717, 1.165) is 25.7 Å². The molecule has 0 aromatic carbocycles. The van der Waals surface area contributed by atoms with Crippen LogP contribution in [0.2, 0.25) is 0 Å². The van der Waals surface area contributed by atoms with E-state index in [1.807, 2.05) is 37.6 Å². The van der Waals surface area contributed by atoms with Crippen LogP contribution in [0.3, 0.4) is 0 Å². The van der Waals surface area contributed by atoms with E-state index in [1.54, 1.807) is 0 Å². The van der Waals surface area contributed by atoms with Crippen molar-refractivity contribution in [2.24, 2.45) is 5.92 Å². The van der Waals surface area contributed by atoms with Crippen LogP contribution in [0, 0.1) is 32.6 Å². The van der Waals surface area contributed by atoms with Crippen molar-refractivity contribution in [2.75, 3.05) is 6.61 Å². The third-order valence-electron chi connectivity index (χ3n) is 3.86. The topological polar surface area (TPSA) is 75.3 Å². The SMILES string of the molecule is [C-]#[O+].[C-]#[O+].[CH2-][C@]1(OCC)C(=O)O[C@@H]2CCCC[C@@H]21.[CH]1C=CC=C1.[Fe]. The molecule has 0 N–H and O–H groups in total. The molecule has 133 valence electrons. The number of fused-ring (bicyclic) bond motifs is 1. The molecule has 2 fully saturated rings. The monoisotopic (exact) mass is 374 g/mol. The summed E-state index contributed by atoms with van der Waals surface area (Å²) in [7, 11) is 0. The smallest absolute Gasteiger partial charge is 0.307 e. The molecule has 0 bridgehead atoms. The summed E-state index contributed by atoms with van der Waals surface area (Å²) < 4.78 is 25.8. The average molecular weight is 374 g/mol. The van der Waals surface area contributed by atoms with Crippen LogP contribution in [0.25, 0.3) is 0 Å². The molecular formula is C18H22FeO5-. The Morgan fingerprint density at radius 1 is 1.21 bits per heavy atom. The summed E-state index contributed by atoms with van der Waals surface area (Å²) >= 11 is 0. The van der Waals surface area contributed by atoms with E-state index in [9.17, 15) is 4.79 Å². The molecule has 6 heteroatoms. The van der Waals surface area contributed by atoms with E-state index in [1.165, 1.54) is 0 Å². The summed E-state index contributed by atoms with van der Waals surface area (Å²) in [6, 6.07) is 0. The summed E-state index contributed by atoms with van der Waals surface area (Å²) in [5, 5.41) is 0. The summed E-state index contributed by atoms with van der Waals surface area (Å²) in [5.74, 6) is -0.0973. The minimum atomic E-state index is -0.917. The molecule has 1 heterocycles. The Kier molecular flexibility index (Phi) is 15.0. The maximum atomic E-state index is 11.6. The van der Waals surface area contributed by atoms with Gasteiger partial charge in [-0.25, -0.2) is 0 Å². The Bertz CT molecular complexity index is 439. The van der Waals surface area contributed by atoms with Gasteiger partial charge in [0.05, 0.1) is 0 Å². The predicted octanol–water partition coefficient (Wildman–Crippen LogP) is 2.95. The molecule has 1 radical (unpaired) electrons. The average Bonchev–Trinajstić information content (AvgIpc) is 3.25. The minimum Gasteiger partial charge on any atom is -0.462 e. The van der Waals surface area contributed by atoms with Gasteiger partial charge in [0.15, 0.2) is 0 Å². The van der Waals surface area contributed by atoms with E-state index >= 15 is 0 Å². The Balaban J connectivity index is 0. The van der Waals surface area contributed by atoms with Crippen molar-refractivity contribution in [3.05, 3.63) is 50.9 Å². The van der Waals surface area contributed by atoms with Crippen LogP contribution in [-0.2, 0) is 40.6 Å². The van der Waals surface area contributed by atoms with Crippen LogP contribution in [0.15, 0.2) is 24.3 Å². The van der Waals surface area contributed by atoms with Gasteiger partial charge in [-0.1, -0.05) is 30.7 Å². The second-order valence-corrected chi connectivity index (χ2v) is 5.12. The maximum absolute atomic E-state index is 11.6. The van der Waals surface area contributed by atoms with Gasteiger partial charge in [0.25, 0.3) is 0 Å². The molecule has 1 saturated carbocycles. The number of rotatable bonds is 2. The first-order valence-corrected chi connectivity index (χ1v) is 7.46. The van der Waals surface area contributed by atoms with Gasteiger partial charge in [0.1, 0.15) is 6.10 Å². The molecular weight excluding hydrogens is 352 g/mol. The van der Waals surface area contributed by atoms with Gasteiger partial charge in [0, 0.05) is 41.6 Å². The number of hydrogen-bond donors (Lipinski definition) is 0. The van der Waals surface area contributed by atoms with Gasteiger partial charge in [0.2, 0.25) is 0 Å². The van der Waals surface area contributed by atoms with Gasteiger partial charge < -0.3 is 16.4 Å². The first-order valence-electron chi connectivity index (χ1n) is 7.46. The van der Waals surface area contributed by atoms with Crippen molar-refractivity contribution in [1.82, 2.24) is 0 Å². The molecule has 1 saturated heterocycles. The van der Waals surface area contributed by atoms with Crippen LogP contribution in [0.4, 0.5) is 0 Å². The van der Waals surface area contributed by atoms with E-state index in [2.05, 4.69) is 20.2 Å². The van der Waals surface area contributed by atoms with Gasteiger partial charge >= 0.3 is 28.6 Å². The summed E-state index contributed by atoms with van der Waals surface area (Å²) in [6.45, 7) is 15.3. The van der Waals surface area contributed by atoms with Gasteiger partial charge in [-0.15, -0.1) is 0 Å². The number of ether oxygens (including phenoxy) is 2. The zero-order valence-corrected chi connectivity index (χ0v) is 14.8. The van der Waals surface area contributed by atoms with E-state index in [0.29, 0.717) is 6.61 Å². The molecule has 0 unspecified atom stereocenters. The maximum Gasteiger partial charge on any atom is 0.307 e. The normalized spacial score (nSPS) is 28.3. The third-order valence-corrected chi connectivity index (χ3v) is 3.86. The Morgan fingerprint density at radius 3 is 2.21 bits per heavy atom. The standard InChI is InChI=1S/C11H17O3.C5H5.2CO.Fe/c1-3-13-11(2)8-6-4-5-7-9(8)14-10(11)12;1-2-4-5-3-1;2*1-2;/h8-9H,2-7H2,1H3;1-5H;;;/q-1;;;;/t8-,9+,11+;;;;/m0..../s1. The molecule has 0 spiro atoms. The molecule has 3 aliphatic rings. The van der Waals surface area contributed by atoms with Crippen LogP contribution < -0.4 is 0 Å². The fourth-order valence-corrected chi connectivity index (χ4v) is 2.90. The Morgan fingerprint density at radius 2 is 1.75 bits per heavy atom. The minimum absolute atomic E-state index is 0. The van der Waals surface area contributed by atoms with Crippen molar-refractivity contribution >= 4 is 5.97 Å². The van der Waals surface area contributed by atoms with Crippen molar-refractivity contribution in [3.63, 3.8) is 0 Å². The summed E-state index contributed by atoms with van der Waals surface area (Å²) in [5.41, 5.74) is -0.917. The second kappa shape index (κ2) is 14.3. The molecule has 3 atom stereocenters.